The van der Waals surface area contributed by atoms with Crippen molar-refractivity contribution in [3.63, 3.8) is 0 Å². The zero-order valence-corrected chi connectivity index (χ0v) is 13.7. The van der Waals surface area contributed by atoms with E-state index in [9.17, 15) is 4.79 Å². The SMILES string of the molecule is CC1CCC(c2nc(-c3ccc(CC(=O)O)s3)cs2)CC1. The molecule has 112 valence electrons. The Morgan fingerprint density at radius 2 is 2.10 bits per heavy atom. The molecule has 0 amide bonds. The molecular formula is C16H19NO2S2. The minimum Gasteiger partial charge on any atom is -0.481 e. The van der Waals surface area contributed by atoms with Crippen LogP contribution in [0.3, 0.4) is 0 Å². The molecule has 0 atom stereocenters. The number of nitrogens with zero attached hydrogens (tertiary/aromatic N) is 1. The summed E-state index contributed by atoms with van der Waals surface area (Å²) in [6.07, 6.45) is 5.22. The molecule has 0 aromatic carbocycles. The van der Waals surface area contributed by atoms with Crippen LogP contribution in [-0.4, -0.2) is 16.1 Å². The van der Waals surface area contributed by atoms with E-state index in [0.29, 0.717) is 5.92 Å². The average Bonchev–Trinajstić information content (AvgIpc) is 3.07. The molecule has 21 heavy (non-hydrogen) atoms. The van der Waals surface area contributed by atoms with Crippen molar-refractivity contribution in [1.82, 2.24) is 4.98 Å². The lowest BCUT2D eigenvalue weighted by Gasteiger charge is -2.24. The molecule has 0 saturated heterocycles. The van der Waals surface area contributed by atoms with E-state index in [1.54, 1.807) is 11.3 Å². The van der Waals surface area contributed by atoms with Gasteiger partial charge in [-0.2, -0.15) is 0 Å². The van der Waals surface area contributed by atoms with Crippen molar-refractivity contribution in [3.05, 3.63) is 27.4 Å². The predicted molar refractivity (Wildman–Crippen MR) is 87.1 cm³/mol. The molecule has 3 nitrogen and oxygen atoms in total. The van der Waals surface area contributed by atoms with Gasteiger partial charge in [0, 0.05) is 16.2 Å². The maximum atomic E-state index is 10.7. The third kappa shape index (κ3) is 3.52. The normalized spacial score (nSPS) is 22.3. The molecule has 0 aliphatic heterocycles. The first-order valence-corrected chi connectivity index (χ1v) is 9.07. The van der Waals surface area contributed by atoms with Gasteiger partial charge in [-0.25, -0.2) is 4.98 Å². The Hall–Kier alpha value is -1.20. The van der Waals surface area contributed by atoms with Gasteiger partial charge in [0.15, 0.2) is 0 Å². The van der Waals surface area contributed by atoms with Gasteiger partial charge in [-0.05, 0) is 30.9 Å². The first-order chi connectivity index (χ1) is 10.1. The van der Waals surface area contributed by atoms with E-state index in [0.717, 1.165) is 21.4 Å². The van der Waals surface area contributed by atoms with Crippen LogP contribution in [0.5, 0.6) is 0 Å². The third-order valence-corrected chi connectivity index (χ3v) is 6.24. The molecule has 1 fully saturated rings. The standard InChI is InChI=1S/C16H19NO2S2/c1-10-2-4-11(5-3-10)16-17-13(9-20-16)14-7-6-12(21-14)8-15(18)19/h6-7,9-11H,2-5,8H2,1H3,(H,18,19). The smallest absolute Gasteiger partial charge is 0.308 e. The zero-order chi connectivity index (χ0) is 14.8. The molecule has 0 unspecified atom stereocenters. The molecule has 5 heteroatoms. The average molecular weight is 321 g/mol. The van der Waals surface area contributed by atoms with Gasteiger partial charge in [0.1, 0.15) is 0 Å². The van der Waals surface area contributed by atoms with Gasteiger partial charge in [0.25, 0.3) is 0 Å². The van der Waals surface area contributed by atoms with Crippen LogP contribution in [0.2, 0.25) is 0 Å². The minimum absolute atomic E-state index is 0.0994. The second-order valence-electron chi connectivity index (χ2n) is 5.86. The molecule has 0 spiro atoms. The van der Waals surface area contributed by atoms with Gasteiger partial charge in [0.05, 0.1) is 22.0 Å². The molecule has 2 aromatic heterocycles. The summed E-state index contributed by atoms with van der Waals surface area (Å²) in [7, 11) is 0. The van der Waals surface area contributed by atoms with Crippen LogP contribution in [0.25, 0.3) is 10.6 Å². The van der Waals surface area contributed by atoms with Crippen LogP contribution in [0, 0.1) is 5.92 Å². The lowest BCUT2D eigenvalue weighted by atomic mass is 9.83. The Bertz CT molecular complexity index is 624. The Balaban J connectivity index is 1.72. The maximum absolute atomic E-state index is 10.7. The quantitative estimate of drug-likeness (QED) is 0.880. The summed E-state index contributed by atoms with van der Waals surface area (Å²) in [5.74, 6) is 0.702. The highest BCUT2D eigenvalue weighted by molar-refractivity contribution is 7.16. The number of aromatic nitrogens is 1. The Morgan fingerprint density at radius 1 is 1.33 bits per heavy atom. The molecular weight excluding hydrogens is 302 g/mol. The summed E-state index contributed by atoms with van der Waals surface area (Å²) in [5, 5.41) is 12.2. The van der Waals surface area contributed by atoms with Crippen molar-refractivity contribution in [2.24, 2.45) is 5.92 Å². The molecule has 1 aliphatic rings. The molecule has 1 saturated carbocycles. The molecule has 0 radical (unpaired) electrons. The largest absolute Gasteiger partial charge is 0.481 e. The van der Waals surface area contributed by atoms with Crippen molar-refractivity contribution in [3.8, 4) is 10.6 Å². The van der Waals surface area contributed by atoms with Crippen molar-refractivity contribution in [1.29, 1.82) is 0 Å². The highest BCUT2D eigenvalue weighted by Crippen LogP contribution is 2.38. The van der Waals surface area contributed by atoms with E-state index in [-0.39, 0.29) is 6.42 Å². The minimum atomic E-state index is -0.779. The van der Waals surface area contributed by atoms with Crippen molar-refractivity contribution in [2.45, 2.75) is 44.9 Å². The lowest BCUT2D eigenvalue weighted by Crippen LogP contribution is -2.10. The highest BCUT2D eigenvalue weighted by Gasteiger charge is 2.22. The zero-order valence-electron chi connectivity index (χ0n) is 12.0. The summed E-state index contributed by atoms with van der Waals surface area (Å²) in [6.45, 7) is 2.33. The first-order valence-electron chi connectivity index (χ1n) is 7.38. The van der Waals surface area contributed by atoms with Crippen LogP contribution < -0.4 is 0 Å². The summed E-state index contributed by atoms with van der Waals surface area (Å²) >= 11 is 3.29. The van der Waals surface area contributed by atoms with Crippen LogP contribution in [0.15, 0.2) is 17.5 Å². The number of carboxylic acid groups (broad SMARTS) is 1. The van der Waals surface area contributed by atoms with Crippen LogP contribution in [-0.2, 0) is 11.2 Å². The van der Waals surface area contributed by atoms with Gasteiger partial charge in [-0.15, -0.1) is 22.7 Å². The first kappa shape index (κ1) is 14.7. The number of carbonyl (C=O) groups is 1. The Morgan fingerprint density at radius 3 is 2.81 bits per heavy atom. The van der Waals surface area contributed by atoms with E-state index in [1.807, 2.05) is 12.1 Å². The number of carboxylic acids is 1. The van der Waals surface area contributed by atoms with Crippen molar-refractivity contribution >= 4 is 28.6 Å². The van der Waals surface area contributed by atoms with Crippen molar-refractivity contribution < 1.29 is 9.90 Å². The number of thiazole rings is 1. The molecule has 3 rings (SSSR count). The molecule has 2 aromatic rings. The fourth-order valence-corrected chi connectivity index (χ4v) is 4.88. The van der Waals surface area contributed by atoms with E-state index in [1.165, 1.54) is 42.0 Å². The van der Waals surface area contributed by atoms with Gasteiger partial charge < -0.3 is 5.11 Å². The van der Waals surface area contributed by atoms with Crippen LogP contribution in [0.4, 0.5) is 0 Å². The van der Waals surface area contributed by atoms with Crippen molar-refractivity contribution in [2.75, 3.05) is 0 Å². The van der Waals surface area contributed by atoms with Gasteiger partial charge >= 0.3 is 5.97 Å². The number of hydrogen-bond acceptors (Lipinski definition) is 4. The van der Waals surface area contributed by atoms with E-state index in [4.69, 9.17) is 10.1 Å². The van der Waals surface area contributed by atoms with Crippen LogP contribution in [0.1, 0.15) is 48.4 Å². The second kappa shape index (κ2) is 6.28. The number of thiophene rings is 1. The Labute approximate surface area is 132 Å². The van der Waals surface area contributed by atoms with Gasteiger partial charge in [0.2, 0.25) is 0 Å². The predicted octanol–water partition coefficient (Wildman–Crippen LogP) is 4.79. The Kier molecular flexibility index (Phi) is 4.40. The third-order valence-electron chi connectivity index (χ3n) is 4.13. The number of hydrogen-bond donors (Lipinski definition) is 1. The fourth-order valence-electron chi connectivity index (χ4n) is 2.85. The highest BCUT2D eigenvalue weighted by atomic mass is 32.1. The fraction of sp³-hybridized carbons (Fsp3) is 0.500. The summed E-state index contributed by atoms with van der Waals surface area (Å²) in [4.78, 5) is 17.5. The maximum Gasteiger partial charge on any atom is 0.308 e. The second-order valence-corrected chi connectivity index (χ2v) is 7.92. The van der Waals surface area contributed by atoms with Gasteiger partial charge in [-0.3, -0.25) is 4.79 Å². The summed E-state index contributed by atoms with van der Waals surface area (Å²) in [6, 6.07) is 3.89. The van der Waals surface area contributed by atoms with E-state index in [2.05, 4.69) is 12.3 Å². The topological polar surface area (TPSA) is 50.2 Å². The summed E-state index contributed by atoms with van der Waals surface area (Å²) < 4.78 is 0. The van der Waals surface area contributed by atoms with E-state index < -0.39 is 5.97 Å². The molecule has 1 aliphatic carbocycles. The lowest BCUT2D eigenvalue weighted by molar-refractivity contribution is -0.136. The summed E-state index contributed by atoms with van der Waals surface area (Å²) in [5.41, 5.74) is 1.01. The monoisotopic (exact) mass is 321 g/mol. The number of aliphatic carboxylic acids is 1. The molecule has 1 N–H and O–H groups in total. The molecule has 0 bridgehead atoms. The van der Waals surface area contributed by atoms with Crippen LogP contribution >= 0.6 is 22.7 Å². The van der Waals surface area contributed by atoms with Gasteiger partial charge in [-0.1, -0.05) is 19.8 Å². The van der Waals surface area contributed by atoms with E-state index >= 15 is 0 Å². The number of rotatable bonds is 4. The molecule has 2 heterocycles.